The van der Waals surface area contributed by atoms with E-state index in [-0.39, 0.29) is 0 Å². The van der Waals surface area contributed by atoms with Gasteiger partial charge in [-0.25, -0.2) is 0 Å². The molecule has 0 aliphatic carbocycles. The Labute approximate surface area is 295 Å². The van der Waals surface area contributed by atoms with Crippen molar-refractivity contribution in [2.45, 2.75) is 54.4 Å². The zero-order valence-corrected chi connectivity index (χ0v) is 31.8. The van der Waals surface area contributed by atoms with Gasteiger partial charge in [-0.1, -0.05) is 52.0 Å². The summed E-state index contributed by atoms with van der Waals surface area (Å²) in [6.45, 7) is 13.8. The molecule has 0 atom stereocenters. The first-order valence-corrected chi connectivity index (χ1v) is 20.9. The van der Waals surface area contributed by atoms with Crippen LogP contribution in [0, 0.1) is 25.7 Å². The van der Waals surface area contributed by atoms with Crippen molar-refractivity contribution in [1.82, 2.24) is 0 Å². The minimum Gasteiger partial charge on any atom is -0.140 e. The Morgan fingerprint density at radius 2 is 0.978 bits per heavy atom. The van der Waals surface area contributed by atoms with Crippen molar-refractivity contribution in [3.63, 3.8) is 0 Å². The highest BCUT2D eigenvalue weighted by molar-refractivity contribution is 7.30. The van der Waals surface area contributed by atoms with Gasteiger partial charge in [0.2, 0.25) is 0 Å². The molecule has 0 aliphatic heterocycles. The van der Waals surface area contributed by atoms with E-state index in [9.17, 15) is 0 Å². The lowest BCUT2D eigenvalue weighted by molar-refractivity contribution is 0.647. The van der Waals surface area contributed by atoms with Gasteiger partial charge in [0, 0.05) is 68.9 Å². The molecule has 8 aromatic rings. The molecular formula is C40H36S6. The standard InChI is InChI=1S/C40H36S6/c1-21(2)15-27-19-35(42-24(27)6)33-13-11-31(43-33)32-12-14-34(44-32)36-20-28(16-22(3)4)40(45-36)37-18-26-8-10-29-30(39(26)46-37)9-7-25-17-23(5)41-38(25)29/h7-14,17-22H,15-16H2,1-6H3. The number of hydrogen-bond acceptors (Lipinski definition) is 6. The molecule has 6 heterocycles. The predicted octanol–water partition coefficient (Wildman–Crippen LogP) is 15.2. The second-order valence-corrected chi connectivity index (χ2v) is 20.0. The Bertz CT molecular complexity index is 2350. The normalized spacial score (nSPS) is 12.3. The van der Waals surface area contributed by atoms with Crippen LogP contribution in [0.15, 0.2) is 72.8 Å². The second-order valence-electron chi connectivity index (χ2n) is 13.2. The summed E-state index contributed by atoms with van der Waals surface area (Å²) in [7, 11) is 0. The van der Waals surface area contributed by atoms with E-state index in [4.69, 9.17) is 0 Å². The Kier molecular flexibility index (Phi) is 8.11. The van der Waals surface area contributed by atoms with Crippen LogP contribution in [0.3, 0.4) is 0 Å². The monoisotopic (exact) mass is 708 g/mol. The molecule has 2 aromatic carbocycles. The van der Waals surface area contributed by atoms with Gasteiger partial charge in [0.25, 0.3) is 0 Å². The van der Waals surface area contributed by atoms with Crippen LogP contribution >= 0.6 is 68.0 Å². The molecule has 0 fully saturated rings. The fraction of sp³-hybridized carbons (Fsp3) is 0.250. The zero-order chi connectivity index (χ0) is 31.7. The van der Waals surface area contributed by atoms with Crippen LogP contribution in [0.2, 0.25) is 0 Å². The molecule has 0 saturated carbocycles. The van der Waals surface area contributed by atoms with E-state index in [2.05, 4.69) is 114 Å². The summed E-state index contributed by atoms with van der Waals surface area (Å²) in [6.07, 6.45) is 2.26. The summed E-state index contributed by atoms with van der Waals surface area (Å²) in [6, 6.07) is 28.3. The molecule has 0 nitrogen and oxygen atoms in total. The molecule has 0 unspecified atom stereocenters. The molecule has 0 amide bonds. The number of rotatable bonds is 8. The van der Waals surface area contributed by atoms with Crippen molar-refractivity contribution in [1.29, 1.82) is 0 Å². The Hall–Kier alpha value is -2.58. The van der Waals surface area contributed by atoms with E-state index in [0.717, 1.165) is 12.8 Å². The maximum Gasteiger partial charge on any atom is 0.0482 e. The van der Waals surface area contributed by atoms with Crippen molar-refractivity contribution in [3.8, 4) is 39.0 Å². The molecule has 6 heteroatoms. The summed E-state index contributed by atoms with van der Waals surface area (Å²) in [4.78, 5) is 14.0. The van der Waals surface area contributed by atoms with Gasteiger partial charge in [-0.05, 0) is 109 Å². The van der Waals surface area contributed by atoms with Gasteiger partial charge < -0.3 is 0 Å². The molecule has 0 bridgehead atoms. The number of thiophene rings is 6. The van der Waals surface area contributed by atoms with E-state index in [1.165, 1.54) is 90.8 Å². The number of benzene rings is 2. The van der Waals surface area contributed by atoms with Crippen LogP contribution in [0.25, 0.3) is 70.0 Å². The molecule has 232 valence electrons. The van der Waals surface area contributed by atoms with Gasteiger partial charge in [-0.2, -0.15) is 0 Å². The highest BCUT2D eigenvalue weighted by atomic mass is 32.1. The third-order valence-corrected chi connectivity index (χ3v) is 16.0. The zero-order valence-electron chi connectivity index (χ0n) is 26.9. The summed E-state index contributed by atoms with van der Waals surface area (Å²) in [5.41, 5.74) is 3.00. The number of fused-ring (bicyclic) bond motifs is 5. The van der Waals surface area contributed by atoms with Gasteiger partial charge in [0.1, 0.15) is 0 Å². The van der Waals surface area contributed by atoms with Crippen LogP contribution in [-0.4, -0.2) is 0 Å². The molecule has 46 heavy (non-hydrogen) atoms. The Morgan fingerprint density at radius 1 is 0.457 bits per heavy atom. The number of aryl methyl sites for hydroxylation is 2. The van der Waals surface area contributed by atoms with E-state index in [1.807, 2.05) is 68.0 Å². The van der Waals surface area contributed by atoms with Crippen LogP contribution in [-0.2, 0) is 12.8 Å². The van der Waals surface area contributed by atoms with Gasteiger partial charge in [0.05, 0.1) is 0 Å². The Balaban J connectivity index is 1.14. The Morgan fingerprint density at radius 3 is 1.61 bits per heavy atom. The molecule has 8 rings (SSSR count). The van der Waals surface area contributed by atoms with E-state index >= 15 is 0 Å². The minimum absolute atomic E-state index is 0.608. The fourth-order valence-corrected chi connectivity index (χ4v) is 13.4. The minimum atomic E-state index is 0.608. The molecule has 0 spiro atoms. The van der Waals surface area contributed by atoms with Crippen molar-refractivity contribution in [2.75, 3.05) is 0 Å². The van der Waals surface area contributed by atoms with Crippen LogP contribution in [0.4, 0.5) is 0 Å². The van der Waals surface area contributed by atoms with Gasteiger partial charge in [-0.3, -0.25) is 0 Å². The third kappa shape index (κ3) is 5.65. The highest BCUT2D eigenvalue weighted by Gasteiger charge is 2.19. The first-order chi connectivity index (χ1) is 22.2. The molecule has 0 radical (unpaired) electrons. The topological polar surface area (TPSA) is 0 Å². The average Bonchev–Trinajstić information content (AvgIpc) is 3.84. The van der Waals surface area contributed by atoms with Crippen molar-refractivity contribution >= 4 is 99.0 Å². The van der Waals surface area contributed by atoms with Gasteiger partial charge in [0.15, 0.2) is 0 Å². The average molecular weight is 709 g/mol. The molecule has 0 aliphatic rings. The molecule has 0 N–H and O–H groups in total. The quantitative estimate of drug-likeness (QED) is 0.147. The summed E-state index contributed by atoms with van der Waals surface area (Å²) in [5.74, 6) is 1.29. The first kappa shape index (κ1) is 30.7. The summed E-state index contributed by atoms with van der Waals surface area (Å²) in [5, 5.41) is 5.49. The molecular weight excluding hydrogens is 673 g/mol. The molecule has 6 aromatic heterocycles. The fourth-order valence-electron chi connectivity index (χ4n) is 6.48. The lowest BCUT2D eigenvalue weighted by Gasteiger charge is -2.04. The SMILES string of the molecule is Cc1cc2ccc3c(ccc4cc(-c5sc(-c6ccc(-c7ccc(-c8cc(CC(C)C)c(C)s8)s7)s6)cc5CC(C)C)sc43)c2s1. The summed E-state index contributed by atoms with van der Waals surface area (Å²) >= 11 is 11.7. The lowest BCUT2D eigenvalue weighted by Crippen LogP contribution is -1.93. The molecule has 0 saturated heterocycles. The second kappa shape index (κ2) is 12.1. The van der Waals surface area contributed by atoms with E-state index < -0.39 is 0 Å². The lowest BCUT2D eigenvalue weighted by atomic mass is 10.0. The predicted molar refractivity (Wildman–Crippen MR) is 215 cm³/mol. The smallest absolute Gasteiger partial charge is 0.0482 e. The maximum atomic E-state index is 2.49. The largest absolute Gasteiger partial charge is 0.140 e. The van der Waals surface area contributed by atoms with Crippen LogP contribution in [0.1, 0.15) is 48.6 Å². The van der Waals surface area contributed by atoms with E-state index in [1.54, 1.807) is 0 Å². The first-order valence-electron chi connectivity index (χ1n) is 16.0. The van der Waals surface area contributed by atoms with Crippen LogP contribution in [0.5, 0.6) is 0 Å². The summed E-state index contributed by atoms with van der Waals surface area (Å²) < 4.78 is 2.83. The van der Waals surface area contributed by atoms with Gasteiger partial charge >= 0.3 is 0 Å². The van der Waals surface area contributed by atoms with Crippen molar-refractivity contribution in [2.24, 2.45) is 11.8 Å². The number of hydrogen-bond donors (Lipinski definition) is 0. The van der Waals surface area contributed by atoms with Crippen molar-refractivity contribution < 1.29 is 0 Å². The van der Waals surface area contributed by atoms with Gasteiger partial charge in [-0.15, -0.1) is 68.0 Å². The third-order valence-electron chi connectivity index (χ3n) is 8.53. The van der Waals surface area contributed by atoms with Crippen LogP contribution < -0.4 is 0 Å². The maximum absolute atomic E-state index is 2.49. The van der Waals surface area contributed by atoms with Crippen molar-refractivity contribution in [3.05, 3.63) is 93.7 Å². The van der Waals surface area contributed by atoms with E-state index in [0.29, 0.717) is 11.8 Å². The highest BCUT2D eigenvalue weighted by Crippen LogP contribution is 2.49.